The summed E-state index contributed by atoms with van der Waals surface area (Å²) >= 11 is 3.38. The summed E-state index contributed by atoms with van der Waals surface area (Å²) in [4.78, 5) is 28.0. The zero-order valence-corrected chi connectivity index (χ0v) is 20.0. The highest BCUT2D eigenvalue weighted by molar-refractivity contribution is 9.10. The maximum Gasteiger partial charge on any atom is 0.336 e. The number of hydrogen-bond donors (Lipinski definition) is 1. The van der Waals surface area contributed by atoms with E-state index in [4.69, 9.17) is 14.2 Å². The Morgan fingerprint density at radius 2 is 1.91 bits per heavy atom. The molecule has 0 aromatic heterocycles. The normalized spacial score (nSPS) is 13.2. The molecule has 0 saturated heterocycles. The smallest absolute Gasteiger partial charge is 0.336 e. The van der Waals surface area contributed by atoms with E-state index in [1.54, 1.807) is 31.4 Å². The second kappa shape index (κ2) is 12.0. The first-order chi connectivity index (χ1) is 15.3. The van der Waals surface area contributed by atoms with Crippen LogP contribution in [0.5, 0.6) is 17.2 Å². The average molecular weight is 504 g/mol. The number of benzene rings is 2. The Balaban J connectivity index is 2.20. The number of rotatable bonds is 10. The van der Waals surface area contributed by atoms with Crippen molar-refractivity contribution in [3.05, 3.63) is 58.1 Å². The van der Waals surface area contributed by atoms with Gasteiger partial charge in [0.15, 0.2) is 11.5 Å². The molecule has 2 atom stereocenters. The zero-order chi connectivity index (χ0) is 23.7. The van der Waals surface area contributed by atoms with Crippen molar-refractivity contribution in [2.24, 2.45) is 10.9 Å². The zero-order valence-electron chi connectivity index (χ0n) is 18.4. The number of aliphatic carboxylic acids is 1. The highest BCUT2D eigenvalue weighted by Gasteiger charge is 2.22. The lowest BCUT2D eigenvalue weighted by molar-refractivity contribution is -0.139. The van der Waals surface area contributed by atoms with E-state index in [0.717, 1.165) is 5.56 Å². The highest BCUT2D eigenvalue weighted by Crippen LogP contribution is 2.36. The molecule has 0 fully saturated rings. The number of nitrogens with zero attached hydrogens (tertiary/aromatic N) is 1. The Morgan fingerprint density at radius 3 is 2.53 bits per heavy atom. The predicted molar refractivity (Wildman–Crippen MR) is 127 cm³/mol. The van der Waals surface area contributed by atoms with Gasteiger partial charge in [0.25, 0.3) is 0 Å². The van der Waals surface area contributed by atoms with E-state index in [2.05, 4.69) is 20.9 Å². The Bertz CT molecular complexity index is 1020. The Kier molecular flexibility index (Phi) is 9.46. The molecule has 2 unspecified atom stereocenters. The number of halogens is 1. The molecule has 0 spiro atoms. The number of ether oxygens (including phenoxy) is 3. The lowest BCUT2D eigenvalue weighted by Crippen LogP contribution is -2.25. The molecule has 0 heterocycles. The molecule has 0 bridgehead atoms. The largest absolute Gasteiger partial charge is 0.497 e. The fourth-order valence-electron chi connectivity index (χ4n) is 2.80. The van der Waals surface area contributed by atoms with Crippen molar-refractivity contribution in [2.75, 3.05) is 14.2 Å². The van der Waals surface area contributed by atoms with E-state index >= 15 is 0 Å². The number of carbonyl (C=O) groups is 2. The molecule has 170 valence electrons. The molecule has 7 nitrogen and oxygen atoms in total. The number of carbonyl (C=O) groups excluding carboxylic acids is 1. The van der Waals surface area contributed by atoms with E-state index < -0.39 is 18.0 Å². The quantitative estimate of drug-likeness (QED) is 0.212. The van der Waals surface area contributed by atoms with Crippen molar-refractivity contribution in [3.8, 4) is 17.2 Å². The number of methoxy groups -OCH3 is 2. The standard InChI is InChI=1S/C24H26BrNO6/c1-5-15(2)22(24(28)29)26-14-17-12-19(25)23(20(13-17)31-4)32-21(27)10-9-16-7-6-8-18(11-16)30-3/h6-15,22H,5H2,1-4H3,(H,28,29)/b10-9+,26-14+. The van der Waals surface area contributed by atoms with Gasteiger partial charge in [-0.2, -0.15) is 0 Å². The van der Waals surface area contributed by atoms with Gasteiger partial charge in [0.05, 0.1) is 18.7 Å². The molecule has 0 aliphatic carbocycles. The van der Waals surface area contributed by atoms with E-state index in [0.29, 0.717) is 28.0 Å². The van der Waals surface area contributed by atoms with Crippen LogP contribution in [0.1, 0.15) is 31.4 Å². The van der Waals surface area contributed by atoms with Gasteiger partial charge in [-0.1, -0.05) is 32.4 Å². The number of carboxylic acids is 1. The van der Waals surface area contributed by atoms with Crippen LogP contribution >= 0.6 is 15.9 Å². The van der Waals surface area contributed by atoms with Crippen LogP contribution in [0.25, 0.3) is 6.08 Å². The Labute approximate surface area is 195 Å². The Hall–Kier alpha value is -3.13. The maximum absolute atomic E-state index is 12.3. The average Bonchev–Trinajstić information content (AvgIpc) is 2.78. The van der Waals surface area contributed by atoms with Gasteiger partial charge in [0, 0.05) is 12.3 Å². The monoisotopic (exact) mass is 503 g/mol. The van der Waals surface area contributed by atoms with Crippen LogP contribution < -0.4 is 14.2 Å². The Morgan fingerprint density at radius 1 is 1.16 bits per heavy atom. The summed E-state index contributed by atoms with van der Waals surface area (Å²) in [6.45, 7) is 3.76. The number of aliphatic imine (C=N–C) groups is 1. The minimum absolute atomic E-state index is 0.106. The van der Waals surface area contributed by atoms with Crippen LogP contribution in [0, 0.1) is 5.92 Å². The maximum atomic E-state index is 12.3. The van der Waals surface area contributed by atoms with Crippen LogP contribution in [0.2, 0.25) is 0 Å². The molecule has 0 aliphatic heterocycles. The van der Waals surface area contributed by atoms with Gasteiger partial charge in [-0.25, -0.2) is 9.59 Å². The topological polar surface area (TPSA) is 94.4 Å². The third kappa shape index (κ3) is 6.95. The molecule has 2 rings (SSSR count). The van der Waals surface area contributed by atoms with Crippen LogP contribution in [-0.2, 0) is 9.59 Å². The first kappa shape index (κ1) is 25.1. The van der Waals surface area contributed by atoms with Gasteiger partial charge in [-0.05, 0) is 63.3 Å². The SMILES string of the molecule is CCC(C)C(/N=C/c1cc(Br)c(OC(=O)/C=C/c2cccc(OC)c2)c(OC)c1)C(=O)O. The molecular formula is C24H26BrNO6. The molecule has 1 N–H and O–H groups in total. The molecule has 32 heavy (non-hydrogen) atoms. The molecular weight excluding hydrogens is 478 g/mol. The fourth-order valence-corrected chi connectivity index (χ4v) is 3.34. The van der Waals surface area contributed by atoms with Crippen molar-refractivity contribution in [1.29, 1.82) is 0 Å². The van der Waals surface area contributed by atoms with E-state index in [9.17, 15) is 14.7 Å². The van der Waals surface area contributed by atoms with E-state index in [1.807, 2.05) is 32.0 Å². The molecule has 2 aromatic rings. The first-order valence-electron chi connectivity index (χ1n) is 9.96. The lowest BCUT2D eigenvalue weighted by Gasteiger charge is -2.14. The number of hydrogen-bond acceptors (Lipinski definition) is 6. The molecule has 0 aliphatic rings. The summed E-state index contributed by atoms with van der Waals surface area (Å²) in [7, 11) is 3.02. The molecule has 0 radical (unpaired) electrons. The second-order valence-electron chi connectivity index (χ2n) is 7.01. The second-order valence-corrected chi connectivity index (χ2v) is 7.87. The van der Waals surface area contributed by atoms with Gasteiger partial charge in [-0.3, -0.25) is 4.99 Å². The fraction of sp³-hybridized carbons (Fsp3) is 0.292. The molecule has 8 heteroatoms. The van der Waals surface area contributed by atoms with Crippen molar-refractivity contribution in [3.63, 3.8) is 0 Å². The van der Waals surface area contributed by atoms with Gasteiger partial charge in [-0.15, -0.1) is 0 Å². The van der Waals surface area contributed by atoms with E-state index in [1.165, 1.54) is 19.4 Å². The molecule has 0 saturated carbocycles. The number of esters is 1. The first-order valence-corrected chi connectivity index (χ1v) is 10.8. The lowest BCUT2D eigenvalue weighted by atomic mass is 10.00. The van der Waals surface area contributed by atoms with Crippen molar-refractivity contribution in [1.82, 2.24) is 0 Å². The summed E-state index contributed by atoms with van der Waals surface area (Å²) in [5.74, 6) is -0.474. The van der Waals surface area contributed by atoms with Crippen molar-refractivity contribution in [2.45, 2.75) is 26.3 Å². The van der Waals surface area contributed by atoms with Crippen LogP contribution in [0.3, 0.4) is 0 Å². The van der Waals surface area contributed by atoms with Crippen LogP contribution in [0.4, 0.5) is 0 Å². The molecule has 2 aromatic carbocycles. The molecule has 0 amide bonds. The summed E-state index contributed by atoms with van der Waals surface area (Å²) in [5.41, 5.74) is 1.39. The third-order valence-electron chi connectivity index (χ3n) is 4.78. The highest BCUT2D eigenvalue weighted by atomic mass is 79.9. The van der Waals surface area contributed by atoms with Crippen LogP contribution in [0.15, 0.2) is 51.9 Å². The van der Waals surface area contributed by atoms with Crippen molar-refractivity contribution < 1.29 is 28.9 Å². The predicted octanol–water partition coefficient (Wildman–Crippen LogP) is 5.00. The summed E-state index contributed by atoms with van der Waals surface area (Å²) in [6.07, 6.45) is 5.10. The van der Waals surface area contributed by atoms with Gasteiger partial charge in [0.2, 0.25) is 0 Å². The summed E-state index contributed by atoms with van der Waals surface area (Å²) in [5, 5.41) is 9.39. The van der Waals surface area contributed by atoms with Crippen molar-refractivity contribution >= 4 is 40.2 Å². The van der Waals surface area contributed by atoms with E-state index in [-0.39, 0.29) is 11.7 Å². The van der Waals surface area contributed by atoms with Crippen LogP contribution in [-0.4, -0.2) is 43.5 Å². The minimum atomic E-state index is -0.977. The van der Waals surface area contributed by atoms with Gasteiger partial charge < -0.3 is 19.3 Å². The number of carboxylic acid groups (broad SMARTS) is 1. The summed E-state index contributed by atoms with van der Waals surface area (Å²) < 4.78 is 16.4. The third-order valence-corrected chi connectivity index (χ3v) is 5.37. The summed E-state index contributed by atoms with van der Waals surface area (Å²) in [6, 6.07) is 9.71. The van der Waals surface area contributed by atoms with Gasteiger partial charge in [0.1, 0.15) is 11.8 Å². The van der Waals surface area contributed by atoms with Gasteiger partial charge >= 0.3 is 11.9 Å². The minimum Gasteiger partial charge on any atom is -0.497 e.